The summed E-state index contributed by atoms with van der Waals surface area (Å²) in [5.41, 5.74) is -0.915. The number of nitrogens with zero attached hydrogens (tertiary/aromatic N) is 3. The highest BCUT2D eigenvalue weighted by Crippen LogP contribution is 2.16. The minimum absolute atomic E-state index is 0.0881. The van der Waals surface area contributed by atoms with Crippen LogP contribution in [-0.2, 0) is 11.2 Å². The van der Waals surface area contributed by atoms with Crippen molar-refractivity contribution >= 4 is 5.91 Å². The molecule has 0 bridgehead atoms. The summed E-state index contributed by atoms with van der Waals surface area (Å²) < 4.78 is 10.2. The van der Waals surface area contributed by atoms with Crippen LogP contribution in [0.4, 0.5) is 0 Å². The van der Waals surface area contributed by atoms with Gasteiger partial charge in [-0.15, -0.1) is 0 Å². The number of hydrogen-bond acceptors (Lipinski definition) is 6. The molecule has 0 aliphatic heterocycles. The minimum atomic E-state index is -0.915. The lowest BCUT2D eigenvalue weighted by Crippen LogP contribution is -2.39. The van der Waals surface area contributed by atoms with Crippen LogP contribution in [0.5, 0.6) is 0 Å². The van der Waals surface area contributed by atoms with E-state index in [9.17, 15) is 9.90 Å². The maximum atomic E-state index is 11.9. The van der Waals surface area contributed by atoms with Crippen LogP contribution in [0, 0.1) is 0 Å². The fraction of sp³-hybridized carbons (Fsp3) is 0.500. The summed E-state index contributed by atoms with van der Waals surface area (Å²) in [6, 6.07) is 3.47. The van der Waals surface area contributed by atoms with E-state index in [1.807, 2.05) is 0 Å². The van der Waals surface area contributed by atoms with Crippen molar-refractivity contribution in [2.24, 2.45) is 0 Å². The molecule has 0 aliphatic rings. The van der Waals surface area contributed by atoms with E-state index in [4.69, 9.17) is 8.94 Å². The van der Waals surface area contributed by atoms with E-state index in [1.54, 1.807) is 33.0 Å². The molecule has 0 aliphatic carbocycles. The molecule has 0 spiro atoms. The summed E-state index contributed by atoms with van der Waals surface area (Å²) in [5, 5.41) is 13.5. The number of amides is 1. The number of hydrogen-bond donors (Lipinski definition) is 1. The van der Waals surface area contributed by atoms with E-state index in [-0.39, 0.29) is 18.9 Å². The number of aromatic nitrogens is 2. The zero-order valence-corrected chi connectivity index (χ0v) is 12.4. The topological polar surface area (TPSA) is 92.6 Å². The Morgan fingerprint density at radius 1 is 1.48 bits per heavy atom. The van der Waals surface area contributed by atoms with Gasteiger partial charge in [-0.25, -0.2) is 0 Å². The van der Waals surface area contributed by atoms with Crippen LogP contribution in [0.15, 0.2) is 27.3 Å². The minimum Gasteiger partial charge on any atom is -0.461 e. The van der Waals surface area contributed by atoms with Crippen LogP contribution >= 0.6 is 0 Å². The lowest BCUT2D eigenvalue weighted by atomic mass is 10.1. The molecular formula is C14H19N3O4. The van der Waals surface area contributed by atoms with Gasteiger partial charge in [0.05, 0.1) is 11.9 Å². The van der Waals surface area contributed by atoms with Crippen molar-refractivity contribution in [2.75, 3.05) is 13.6 Å². The summed E-state index contributed by atoms with van der Waals surface area (Å²) in [5.74, 6) is 1.18. The Balaban J connectivity index is 1.87. The smallest absolute Gasteiger partial charge is 0.238 e. The Bertz CT molecular complexity index is 584. The fourth-order valence-electron chi connectivity index (χ4n) is 1.94. The SMILES string of the molecule is CN(CC(C)(C)O)C(=O)CCc1nc(-c2ccco2)no1. The highest BCUT2D eigenvalue weighted by Gasteiger charge is 2.20. The summed E-state index contributed by atoms with van der Waals surface area (Å²) >= 11 is 0. The van der Waals surface area contributed by atoms with Crippen molar-refractivity contribution in [2.45, 2.75) is 32.3 Å². The number of rotatable bonds is 6. The molecule has 7 nitrogen and oxygen atoms in total. The highest BCUT2D eigenvalue weighted by molar-refractivity contribution is 5.76. The van der Waals surface area contributed by atoms with Crippen molar-refractivity contribution < 1.29 is 18.8 Å². The molecule has 0 radical (unpaired) electrons. The number of aliphatic hydroxyl groups is 1. The predicted molar refractivity (Wildman–Crippen MR) is 74.3 cm³/mol. The number of carbonyl (C=O) groups excluding carboxylic acids is 1. The molecule has 2 rings (SSSR count). The van der Waals surface area contributed by atoms with Crippen molar-refractivity contribution in [3.8, 4) is 11.6 Å². The Labute approximate surface area is 122 Å². The standard InChI is InChI=1S/C14H19N3O4/c1-14(2,19)9-17(3)12(18)7-6-11-15-13(16-21-11)10-5-4-8-20-10/h4-5,8,19H,6-7,9H2,1-3H3. The van der Waals surface area contributed by atoms with Gasteiger partial charge in [-0.05, 0) is 26.0 Å². The van der Waals surface area contributed by atoms with Gasteiger partial charge in [0.25, 0.3) is 0 Å². The zero-order valence-electron chi connectivity index (χ0n) is 12.4. The second-order valence-corrected chi connectivity index (χ2v) is 5.55. The Morgan fingerprint density at radius 2 is 2.24 bits per heavy atom. The van der Waals surface area contributed by atoms with E-state index in [2.05, 4.69) is 10.1 Å². The molecule has 1 amide bonds. The fourth-order valence-corrected chi connectivity index (χ4v) is 1.94. The van der Waals surface area contributed by atoms with E-state index in [0.29, 0.717) is 23.9 Å². The molecule has 0 aromatic carbocycles. The van der Waals surface area contributed by atoms with Gasteiger partial charge in [0.15, 0.2) is 5.76 Å². The molecule has 0 saturated heterocycles. The molecule has 114 valence electrons. The maximum absolute atomic E-state index is 11.9. The van der Waals surface area contributed by atoms with E-state index in [1.165, 1.54) is 11.2 Å². The van der Waals surface area contributed by atoms with Gasteiger partial charge < -0.3 is 18.9 Å². The van der Waals surface area contributed by atoms with Gasteiger partial charge >= 0.3 is 0 Å². The first-order chi connectivity index (χ1) is 9.85. The molecule has 0 fully saturated rings. The normalized spacial score (nSPS) is 11.6. The average Bonchev–Trinajstić information content (AvgIpc) is 3.04. The van der Waals surface area contributed by atoms with Crippen LogP contribution < -0.4 is 0 Å². The Hall–Kier alpha value is -2.15. The predicted octanol–water partition coefficient (Wildman–Crippen LogP) is 1.49. The van der Waals surface area contributed by atoms with E-state index >= 15 is 0 Å². The molecule has 2 aromatic rings. The Morgan fingerprint density at radius 3 is 2.86 bits per heavy atom. The molecule has 2 heterocycles. The zero-order chi connectivity index (χ0) is 15.5. The third kappa shape index (κ3) is 4.42. The first-order valence-electron chi connectivity index (χ1n) is 6.68. The summed E-state index contributed by atoms with van der Waals surface area (Å²) in [7, 11) is 1.66. The number of carbonyl (C=O) groups is 1. The Kier molecular flexibility index (Phi) is 4.42. The van der Waals surface area contributed by atoms with Crippen LogP contribution in [0.25, 0.3) is 11.6 Å². The van der Waals surface area contributed by atoms with E-state index in [0.717, 1.165) is 0 Å². The van der Waals surface area contributed by atoms with Crippen molar-refractivity contribution in [3.63, 3.8) is 0 Å². The van der Waals surface area contributed by atoms with Gasteiger partial charge in [-0.3, -0.25) is 4.79 Å². The number of furan rings is 1. The first-order valence-corrected chi connectivity index (χ1v) is 6.68. The molecule has 2 aromatic heterocycles. The van der Waals surface area contributed by atoms with Gasteiger partial charge in [-0.1, -0.05) is 5.16 Å². The summed E-state index contributed by atoms with van der Waals surface area (Å²) in [4.78, 5) is 17.6. The van der Waals surface area contributed by atoms with Crippen molar-refractivity contribution in [1.29, 1.82) is 0 Å². The summed E-state index contributed by atoms with van der Waals surface area (Å²) in [6.45, 7) is 3.59. The second-order valence-electron chi connectivity index (χ2n) is 5.55. The quantitative estimate of drug-likeness (QED) is 0.867. The molecule has 7 heteroatoms. The van der Waals surface area contributed by atoms with Gasteiger partial charge in [0.1, 0.15) is 0 Å². The highest BCUT2D eigenvalue weighted by atomic mass is 16.5. The molecule has 21 heavy (non-hydrogen) atoms. The molecule has 0 unspecified atom stereocenters. The average molecular weight is 293 g/mol. The monoisotopic (exact) mass is 293 g/mol. The summed E-state index contributed by atoms with van der Waals surface area (Å²) in [6.07, 6.45) is 2.12. The largest absolute Gasteiger partial charge is 0.461 e. The van der Waals surface area contributed by atoms with Gasteiger partial charge in [0, 0.05) is 26.4 Å². The van der Waals surface area contributed by atoms with Crippen LogP contribution in [0.1, 0.15) is 26.2 Å². The van der Waals surface area contributed by atoms with Crippen LogP contribution in [0.3, 0.4) is 0 Å². The van der Waals surface area contributed by atoms with E-state index < -0.39 is 5.60 Å². The van der Waals surface area contributed by atoms with Crippen molar-refractivity contribution in [3.05, 3.63) is 24.3 Å². The molecular weight excluding hydrogens is 274 g/mol. The maximum Gasteiger partial charge on any atom is 0.238 e. The third-order valence-electron chi connectivity index (χ3n) is 2.81. The second kappa shape index (κ2) is 6.09. The lowest BCUT2D eigenvalue weighted by Gasteiger charge is -2.25. The number of likely N-dealkylation sites (N-methyl/N-ethyl adjacent to an activating group) is 1. The van der Waals surface area contributed by atoms with Crippen LogP contribution in [0.2, 0.25) is 0 Å². The van der Waals surface area contributed by atoms with Crippen LogP contribution in [-0.4, -0.2) is 45.2 Å². The third-order valence-corrected chi connectivity index (χ3v) is 2.81. The molecule has 0 atom stereocenters. The molecule has 1 N–H and O–H groups in total. The van der Waals surface area contributed by atoms with Crippen molar-refractivity contribution in [1.82, 2.24) is 15.0 Å². The lowest BCUT2D eigenvalue weighted by molar-refractivity contribution is -0.132. The first kappa shape index (κ1) is 15.2. The van der Waals surface area contributed by atoms with Gasteiger partial charge in [-0.2, -0.15) is 4.98 Å². The molecule has 0 saturated carbocycles. The number of aryl methyl sites for hydroxylation is 1. The van der Waals surface area contributed by atoms with Gasteiger partial charge in [0.2, 0.25) is 17.6 Å².